The van der Waals surface area contributed by atoms with Crippen molar-refractivity contribution in [1.82, 2.24) is 0 Å². The molecular weight excluding hydrogens is 286 g/mol. The Balaban J connectivity index is 1.67. The van der Waals surface area contributed by atoms with Crippen molar-refractivity contribution >= 4 is 17.3 Å². The zero-order valence-electron chi connectivity index (χ0n) is 13.1. The van der Waals surface area contributed by atoms with E-state index >= 15 is 0 Å². The third kappa shape index (κ3) is 3.35. The number of carbonyl (C=O) groups is 1. The monoisotopic (exact) mass is 305 g/mol. The number of nitrogens with zero attached hydrogens (tertiary/aromatic N) is 1. The topological polar surface area (TPSA) is 64.9 Å². The molecule has 116 valence electrons. The second-order valence-corrected chi connectivity index (χ2v) is 5.85. The SMILES string of the molecule is CC(Nc1ccc2c(c1)CCC2)C(=O)Nc1ccccc1C#N. The average Bonchev–Trinajstić information content (AvgIpc) is 3.03. The lowest BCUT2D eigenvalue weighted by Crippen LogP contribution is -2.32. The fourth-order valence-corrected chi connectivity index (χ4v) is 2.91. The van der Waals surface area contributed by atoms with Gasteiger partial charge in [-0.25, -0.2) is 0 Å². The van der Waals surface area contributed by atoms with E-state index in [1.165, 1.54) is 17.5 Å². The van der Waals surface area contributed by atoms with E-state index in [2.05, 4.69) is 28.8 Å². The normalized spacial score (nSPS) is 13.7. The molecule has 0 aliphatic heterocycles. The summed E-state index contributed by atoms with van der Waals surface area (Å²) in [4.78, 5) is 12.3. The van der Waals surface area contributed by atoms with Crippen molar-refractivity contribution < 1.29 is 4.79 Å². The fourth-order valence-electron chi connectivity index (χ4n) is 2.91. The molecule has 2 aromatic rings. The van der Waals surface area contributed by atoms with Crippen LogP contribution in [0.3, 0.4) is 0 Å². The highest BCUT2D eigenvalue weighted by atomic mass is 16.2. The van der Waals surface area contributed by atoms with Gasteiger partial charge in [0.05, 0.1) is 11.3 Å². The summed E-state index contributed by atoms with van der Waals surface area (Å²) in [6.45, 7) is 1.82. The van der Waals surface area contributed by atoms with Crippen LogP contribution in [0.2, 0.25) is 0 Å². The minimum Gasteiger partial charge on any atom is -0.374 e. The number of rotatable bonds is 4. The van der Waals surface area contributed by atoms with Crippen molar-refractivity contribution in [2.24, 2.45) is 0 Å². The minimum atomic E-state index is -0.388. The lowest BCUT2D eigenvalue weighted by Gasteiger charge is -2.16. The number of para-hydroxylation sites is 1. The number of nitriles is 1. The molecule has 23 heavy (non-hydrogen) atoms. The van der Waals surface area contributed by atoms with Crippen LogP contribution >= 0.6 is 0 Å². The molecule has 0 spiro atoms. The highest BCUT2D eigenvalue weighted by molar-refractivity contribution is 5.97. The molecular formula is C19H19N3O. The van der Waals surface area contributed by atoms with Gasteiger partial charge in [-0.1, -0.05) is 18.2 Å². The molecule has 1 amide bonds. The molecule has 2 N–H and O–H groups in total. The van der Waals surface area contributed by atoms with Crippen LogP contribution < -0.4 is 10.6 Å². The molecule has 1 atom stereocenters. The molecule has 0 radical (unpaired) electrons. The predicted molar refractivity (Wildman–Crippen MR) is 91.3 cm³/mol. The maximum Gasteiger partial charge on any atom is 0.246 e. The van der Waals surface area contributed by atoms with Gasteiger partial charge in [0.1, 0.15) is 12.1 Å². The number of anilines is 2. The van der Waals surface area contributed by atoms with Gasteiger partial charge in [-0.15, -0.1) is 0 Å². The van der Waals surface area contributed by atoms with E-state index < -0.39 is 0 Å². The van der Waals surface area contributed by atoms with Crippen molar-refractivity contribution in [3.8, 4) is 6.07 Å². The molecule has 0 saturated carbocycles. The number of nitrogens with one attached hydrogen (secondary N) is 2. The fraction of sp³-hybridized carbons (Fsp3) is 0.263. The van der Waals surface area contributed by atoms with Gasteiger partial charge >= 0.3 is 0 Å². The molecule has 3 rings (SSSR count). The second-order valence-electron chi connectivity index (χ2n) is 5.85. The van der Waals surface area contributed by atoms with Crippen molar-refractivity contribution in [3.63, 3.8) is 0 Å². The first-order valence-electron chi connectivity index (χ1n) is 7.85. The molecule has 4 nitrogen and oxygen atoms in total. The Hall–Kier alpha value is -2.80. The number of aryl methyl sites for hydroxylation is 2. The van der Waals surface area contributed by atoms with E-state index in [0.29, 0.717) is 11.3 Å². The molecule has 2 aromatic carbocycles. The van der Waals surface area contributed by atoms with Gasteiger partial charge in [0, 0.05) is 5.69 Å². The van der Waals surface area contributed by atoms with Crippen LogP contribution in [0.1, 0.15) is 30.0 Å². The van der Waals surface area contributed by atoms with Gasteiger partial charge in [0.15, 0.2) is 0 Å². The Kier molecular flexibility index (Phi) is 4.29. The lowest BCUT2D eigenvalue weighted by molar-refractivity contribution is -0.116. The highest BCUT2D eigenvalue weighted by Crippen LogP contribution is 2.25. The number of amides is 1. The number of fused-ring (bicyclic) bond motifs is 1. The molecule has 1 aliphatic rings. The van der Waals surface area contributed by atoms with Crippen LogP contribution in [-0.4, -0.2) is 11.9 Å². The number of carbonyl (C=O) groups excluding carboxylic acids is 1. The van der Waals surface area contributed by atoms with E-state index in [9.17, 15) is 4.79 Å². The smallest absolute Gasteiger partial charge is 0.246 e. The molecule has 0 saturated heterocycles. The quantitative estimate of drug-likeness (QED) is 0.909. The standard InChI is InChI=1S/C19H19N3O/c1-13(19(23)22-18-8-3-2-5-16(18)12-20)21-17-10-9-14-6-4-7-15(14)11-17/h2-3,5,8-11,13,21H,4,6-7H2,1H3,(H,22,23). The number of benzene rings is 2. The highest BCUT2D eigenvalue weighted by Gasteiger charge is 2.16. The Labute approximate surface area is 136 Å². The summed E-state index contributed by atoms with van der Waals surface area (Å²) in [6, 6.07) is 15.0. The van der Waals surface area contributed by atoms with Crippen LogP contribution in [0.4, 0.5) is 11.4 Å². The van der Waals surface area contributed by atoms with E-state index in [1.807, 2.05) is 13.0 Å². The van der Waals surface area contributed by atoms with Gasteiger partial charge in [0.2, 0.25) is 5.91 Å². The van der Waals surface area contributed by atoms with Gasteiger partial charge < -0.3 is 10.6 Å². The molecule has 1 aliphatic carbocycles. The Morgan fingerprint density at radius 2 is 1.96 bits per heavy atom. The van der Waals surface area contributed by atoms with E-state index in [4.69, 9.17) is 5.26 Å². The molecule has 0 bridgehead atoms. The molecule has 0 aromatic heterocycles. The predicted octanol–water partition coefficient (Wildman–Crippen LogP) is 3.49. The summed E-state index contributed by atoms with van der Waals surface area (Å²) >= 11 is 0. The Morgan fingerprint density at radius 1 is 1.17 bits per heavy atom. The van der Waals surface area contributed by atoms with E-state index in [0.717, 1.165) is 18.5 Å². The summed E-state index contributed by atoms with van der Waals surface area (Å²) in [6.07, 6.45) is 3.47. The van der Waals surface area contributed by atoms with Gasteiger partial charge in [-0.3, -0.25) is 4.79 Å². The summed E-state index contributed by atoms with van der Waals surface area (Å²) in [5, 5.41) is 15.1. The molecule has 0 heterocycles. The van der Waals surface area contributed by atoms with Crippen LogP contribution in [0.5, 0.6) is 0 Å². The summed E-state index contributed by atoms with van der Waals surface area (Å²) in [5.41, 5.74) is 4.75. The maximum atomic E-state index is 12.3. The lowest BCUT2D eigenvalue weighted by atomic mass is 10.1. The first kappa shape index (κ1) is 15.1. The number of hydrogen-bond donors (Lipinski definition) is 2. The van der Waals surface area contributed by atoms with E-state index in [-0.39, 0.29) is 11.9 Å². The molecule has 0 fully saturated rings. The molecule has 4 heteroatoms. The third-order valence-corrected chi connectivity index (χ3v) is 4.18. The third-order valence-electron chi connectivity index (χ3n) is 4.18. The first-order valence-corrected chi connectivity index (χ1v) is 7.85. The number of hydrogen-bond acceptors (Lipinski definition) is 3. The minimum absolute atomic E-state index is 0.159. The second kappa shape index (κ2) is 6.53. The summed E-state index contributed by atoms with van der Waals surface area (Å²) in [5.74, 6) is -0.159. The Morgan fingerprint density at radius 3 is 2.78 bits per heavy atom. The van der Waals surface area contributed by atoms with Gasteiger partial charge in [-0.2, -0.15) is 5.26 Å². The van der Waals surface area contributed by atoms with Crippen molar-refractivity contribution in [3.05, 3.63) is 59.2 Å². The van der Waals surface area contributed by atoms with E-state index in [1.54, 1.807) is 24.3 Å². The zero-order valence-corrected chi connectivity index (χ0v) is 13.1. The molecule has 1 unspecified atom stereocenters. The average molecular weight is 305 g/mol. The van der Waals surface area contributed by atoms with Gasteiger partial charge in [-0.05, 0) is 61.6 Å². The summed E-state index contributed by atoms with van der Waals surface area (Å²) < 4.78 is 0. The van der Waals surface area contributed by atoms with Crippen molar-refractivity contribution in [2.75, 3.05) is 10.6 Å². The van der Waals surface area contributed by atoms with Gasteiger partial charge in [0.25, 0.3) is 0 Å². The van der Waals surface area contributed by atoms with Crippen LogP contribution in [-0.2, 0) is 17.6 Å². The van der Waals surface area contributed by atoms with Crippen molar-refractivity contribution in [1.29, 1.82) is 5.26 Å². The van der Waals surface area contributed by atoms with Crippen molar-refractivity contribution in [2.45, 2.75) is 32.2 Å². The van der Waals surface area contributed by atoms with Crippen LogP contribution in [0.15, 0.2) is 42.5 Å². The maximum absolute atomic E-state index is 12.3. The van der Waals surface area contributed by atoms with Crippen LogP contribution in [0.25, 0.3) is 0 Å². The van der Waals surface area contributed by atoms with Crippen LogP contribution in [0, 0.1) is 11.3 Å². The summed E-state index contributed by atoms with van der Waals surface area (Å²) in [7, 11) is 0. The first-order chi connectivity index (χ1) is 11.2. The Bertz CT molecular complexity index is 776. The zero-order chi connectivity index (χ0) is 16.2. The largest absolute Gasteiger partial charge is 0.374 e.